The van der Waals surface area contributed by atoms with E-state index in [9.17, 15) is 13.2 Å². The molecular weight excluding hydrogens is 256 g/mol. The normalized spacial score (nSPS) is 33.2. The number of carbonyl (C=O) groups excluding carboxylic acids is 1. The fourth-order valence-electron chi connectivity index (χ4n) is 3.42. The number of rotatable bonds is 2. The van der Waals surface area contributed by atoms with E-state index in [1.54, 1.807) is 6.92 Å². The minimum atomic E-state index is -4.08. The fourth-order valence-corrected chi connectivity index (χ4v) is 4.72. The molecule has 0 saturated heterocycles. The summed E-state index contributed by atoms with van der Waals surface area (Å²) in [6.45, 7) is 5.82. The Hall–Kier alpha value is -0.460. The van der Waals surface area contributed by atoms with E-state index >= 15 is 0 Å². The lowest BCUT2D eigenvalue weighted by molar-refractivity contribution is -0.128. The fraction of sp³-hybridized carbons (Fsp3) is 0.917. The van der Waals surface area contributed by atoms with Crippen LogP contribution in [0, 0.1) is 16.7 Å². The predicted molar refractivity (Wildman–Crippen MR) is 67.7 cm³/mol. The highest BCUT2D eigenvalue weighted by Crippen LogP contribution is 2.64. The van der Waals surface area contributed by atoms with Gasteiger partial charge in [-0.25, -0.2) is 0 Å². The molecule has 2 aliphatic carbocycles. The molecule has 0 aromatic carbocycles. The molecule has 6 heteroatoms. The van der Waals surface area contributed by atoms with Gasteiger partial charge in [-0.3, -0.25) is 9.35 Å². The summed E-state index contributed by atoms with van der Waals surface area (Å²) in [5.41, 5.74) is -1.12. The van der Waals surface area contributed by atoms with E-state index in [1.165, 1.54) is 0 Å². The Balaban J connectivity index is 0.000000492. The zero-order valence-corrected chi connectivity index (χ0v) is 12.0. The van der Waals surface area contributed by atoms with Crippen molar-refractivity contribution in [3.8, 4) is 0 Å². The first-order valence-electron chi connectivity index (χ1n) is 6.20. The highest BCUT2D eigenvalue weighted by Gasteiger charge is 2.65. The van der Waals surface area contributed by atoms with E-state index in [-0.39, 0.29) is 23.7 Å². The smallest absolute Gasteiger partial charge is 0.265 e. The van der Waals surface area contributed by atoms with E-state index in [4.69, 9.17) is 9.66 Å². The molecular formula is C12H22O5S. The summed E-state index contributed by atoms with van der Waals surface area (Å²) in [5.74, 6) is -0.101. The first-order chi connectivity index (χ1) is 8.10. The summed E-state index contributed by atoms with van der Waals surface area (Å²) in [7, 11) is -4.08. The molecule has 2 saturated carbocycles. The van der Waals surface area contributed by atoms with Crippen molar-refractivity contribution in [1.82, 2.24) is 0 Å². The van der Waals surface area contributed by atoms with Gasteiger partial charge in [-0.2, -0.15) is 8.42 Å². The molecule has 2 N–H and O–H groups in total. The maximum atomic E-state index is 11.9. The van der Waals surface area contributed by atoms with Crippen LogP contribution in [0.1, 0.15) is 40.0 Å². The average Bonchev–Trinajstić information content (AvgIpc) is 2.50. The van der Waals surface area contributed by atoms with Crippen molar-refractivity contribution in [3.05, 3.63) is 0 Å². The van der Waals surface area contributed by atoms with Gasteiger partial charge in [0.1, 0.15) is 5.78 Å². The second-order valence-electron chi connectivity index (χ2n) is 5.71. The summed E-state index contributed by atoms with van der Waals surface area (Å²) in [6, 6.07) is 0. The van der Waals surface area contributed by atoms with Crippen molar-refractivity contribution in [2.45, 2.75) is 40.0 Å². The molecule has 0 radical (unpaired) electrons. The number of carbonyl (C=O) groups is 1. The molecule has 2 atom stereocenters. The van der Waals surface area contributed by atoms with Crippen LogP contribution in [0.25, 0.3) is 0 Å². The molecule has 18 heavy (non-hydrogen) atoms. The van der Waals surface area contributed by atoms with Crippen molar-refractivity contribution < 1.29 is 22.9 Å². The van der Waals surface area contributed by atoms with Crippen molar-refractivity contribution in [3.63, 3.8) is 0 Å². The minimum Gasteiger partial charge on any atom is -0.397 e. The summed E-state index contributed by atoms with van der Waals surface area (Å²) < 4.78 is 31.0. The molecule has 2 bridgehead atoms. The molecule has 0 aromatic rings. The molecule has 0 aromatic heterocycles. The Bertz CT molecular complexity index is 426. The van der Waals surface area contributed by atoms with Gasteiger partial charge in [-0.1, -0.05) is 13.8 Å². The van der Waals surface area contributed by atoms with Gasteiger partial charge in [-0.15, -0.1) is 0 Å². The van der Waals surface area contributed by atoms with Crippen LogP contribution < -0.4 is 0 Å². The zero-order chi connectivity index (χ0) is 14.2. The van der Waals surface area contributed by atoms with Gasteiger partial charge in [0, 0.05) is 13.0 Å². The standard InChI is InChI=1S/C10H16O4S.C2H6O/c1-9(2)7-3-4-10(9,8(11)5-7)6-15(12,13)14;1-2-3/h7H,3-6H2,1-2H3,(H,12,13,14);3H,2H2,1H3. The highest BCUT2D eigenvalue weighted by molar-refractivity contribution is 7.85. The molecule has 0 spiro atoms. The lowest BCUT2D eigenvalue weighted by Gasteiger charge is -2.35. The SMILES string of the molecule is CC1(C)C2CCC1(CS(=O)(=O)O)C(=O)C2.CCO. The summed E-state index contributed by atoms with van der Waals surface area (Å²) >= 11 is 0. The van der Waals surface area contributed by atoms with Crippen LogP contribution >= 0.6 is 0 Å². The van der Waals surface area contributed by atoms with E-state index in [1.807, 2.05) is 13.8 Å². The third-order valence-corrected chi connectivity index (χ3v) is 5.43. The van der Waals surface area contributed by atoms with Crippen LogP contribution in [0.15, 0.2) is 0 Å². The Morgan fingerprint density at radius 2 is 1.89 bits per heavy atom. The molecule has 5 nitrogen and oxygen atoms in total. The van der Waals surface area contributed by atoms with Crippen molar-refractivity contribution in [2.75, 3.05) is 12.4 Å². The monoisotopic (exact) mass is 278 g/mol. The summed E-state index contributed by atoms with van der Waals surface area (Å²) in [5, 5.41) is 7.57. The number of hydrogen-bond donors (Lipinski definition) is 2. The van der Waals surface area contributed by atoms with Gasteiger partial charge in [-0.05, 0) is 31.1 Å². The quantitative estimate of drug-likeness (QED) is 0.742. The maximum Gasteiger partial charge on any atom is 0.265 e. The highest BCUT2D eigenvalue weighted by atomic mass is 32.2. The molecule has 2 aliphatic rings. The summed E-state index contributed by atoms with van der Waals surface area (Å²) in [4.78, 5) is 11.9. The number of aliphatic hydroxyl groups is 1. The number of aliphatic hydroxyl groups excluding tert-OH is 1. The van der Waals surface area contributed by atoms with Gasteiger partial charge in [0.25, 0.3) is 10.1 Å². The molecule has 2 rings (SSSR count). The van der Waals surface area contributed by atoms with Crippen molar-refractivity contribution >= 4 is 15.9 Å². The van der Waals surface area contributed by atoms with Crippen LogP contribution in [-0.4, -0.2) is 36.2 Å². The Morgan fingerprint density at radius 1 is 1.39 bits per heavy atom. The zero-order valence-electron chi connectivity index (χ0n) is 11.1. The van der Waals surface area contributed by atoms with Gasteiger partial charge in [0.05, 0.1) is 11.2 Å². The second kappa shape index (κ2) is 4.90. The van der Waals surface area contributed by atoms with E-state index < -0.39 is 21.3 Å². The topological polar surface area (TPSA) is 91.7 Å². The second-order valence-corrected chi connectivity index (χ2v) is 7.16. The van der Waals surface area contributed by atoms with Gasteiger partial charge in [0.15, 0.2) is 0 Å². The van der Waals surface area contributed by atoms with E-state index in [0.29, 0.717) is 12.8 Å². The van der Waals surface area contributed by atoms with Crippen LogP contribution in [0.5, 0.6) is 0 Å². The number of ketones is 1. The Labute approximate surface area is 108 Å². The van der Waals surface area contributed by atoms with Gasteiger partial charge >= 0.3 is 0 Å². The van der Waals surface area contributed by atoms with E-state index in [2.05, 4.69) is 0 Å². The first kappa shape index (κ1) is 15.6. The van der Waals surface area contributed by atoms with Crippen LogP contribution in [0.2, 0.25) is 0 Å². The number of hydrogen-bond acceptors (Lipinski definition) is 4. The lowest BCUT2D eigenvalue weighted by atomic mass is 9.70. The number of fused-ring (bicyclic) bond motifs is 2. The largest absolute Gasteiger partial charge is 0.397 e. The Morgan fingerprint density at radius 3 is 2.17 bits per heavy atom. The molecule has 106 valence electrons. The molecule has 2 fully saturated rings. The molecule has 0 amide bonds. The third kappa shape index (κ3) is 2.46. The molecule has 0 heterocycles. The Kier molecular flexibility index (Phi) is 4.25. The summed E-state index contributed by atoms with van der Waals surface area (Å²) in [6.07, 6.45) is 1.97. The molecule has 2 unspecified atom stereocenters. The van der Waals surface area contributed by atoms with Crippen LogP contribution in [-0.2, 0) is 14.9 Å². The van der Waals surface area contributed by atoms with E-state index in [0.717, 1.165) is 6.42 Å². The van der Waals surface area contributed by atoms with Crippen LogP contribution in [0.3, 0.4) is 0 Å². The van der Waals surface area contributed by atoms with Gasteiger partial charge < -0.3 is 5.11 Å². The van der Waals surface area contributed by atoms with Crippen LogP contribution in [0.4, 0.5) is 0 Å². The van der Waals surface area contributed by atoms with Crippen molar-refractivity contribution in [2.24, 2.45) is 16.7 Å². The van der Waals surface area contributed by atoms with Gasteiger partial charge in [0.2, 0.25) is 0 Å². The minimum absolute atomic E-state index is 0.0152. The lowest BCUT2D eigenvalue weighted by Crippen LogP contribution is -2.42. The average molecular weight is 278 g/mol. The predicted octanol–water partition coefficient (Wildman–Crippen LogP) is 1.27. The maximum absolute atomic E-state index is 11.9. The third-order valence-electron chi connectivity index (χ3n) is 4.57. The first-order valence-corrected chi connectivity index (χ1v) is 7.81. The molecule has 0 aliphatic heterocycles. The number of Topliss-reactive ketones (excluding diaryl/α,β-unsaturated/α-hetero) is 1. The van der Waals surface area contributed by atoms with Crippen molar-refractivity contribution in [1.29, 1.82) is 0 Å².